The first-order valence-corrected chi connectivity index (χ1v) is 6.33. The summed E-state index contributed by atoms with van der Waals surface area (Å²) < 4.78 is 2.56. The molecule has 0 aromatic rings. The van der Waals surface area contributed by atoms with Crippen LogP contribution in [0.25, 0.3) is 0 Å². The summed E-state index contributed by atoms with van der Waals surface area (Å²) in [5.41, 5.74) is 0. The highest BCUT2D eigenvalue weighted by Gasteiger charge is 2.41. The standard InChI is InChI=1S/C12H21N4/c1-2-3-13-4-6-14-8-10-16-11-9-15(7-5-13)12(14)16/h2H,1,3-11H2/q+1. The minimum absolute atomic E-state index is 1.03. The fourth-order valence-corrected chi connectivity index (χ4v) is 3.02. The Balaban J connectivity index is 1.77. The maximum absolute atomic E-state index is 3.84. The molecule has 0 aliphatic carbocycles. The maximum Gasteiger partial charge on any atom is 0.351 e. The lowest BCUT2D eigenvalue weighted by molar-refractivity contribution is -0.523. The van der Waals surface area contributed by atoms with Crippen LogP contribution in [0.2, 0.25) is 0 Å². The lowest BCUT2D eigenvalue weighted by Crippen LogP contribution is -2.45. The van der Waals surface area contributed by atoms with E-state index in [9.17, 15) is 0 Å². The Hall–Kier alpha value is -1.03. The summed E-state index contributed by atoms with van der Waals surface area (Å²) in [5.74, 6) is 1.51. The molecule has 0 saturated carbocycles. The molecule has 1 saturated heterocycles. The summed E-state index contributed by atoms with van der Waals surface area (Å²) in [6, 6.07) is 0. The van der Waals surface area contributed by atoms with Crippen LogP contribution in [0.1, 0.15) is 0 Å². The van der Waals surface area contributed by atoms with Gasteiger partial charge in [-0.2, -0.15) is 0 Å². The van der Waals surface area contributed by atoms with Gasteiger partial charge in [0.05, 0.1) is 39.3 Å². The van der Waals surface area contributed by atoms with Gasteiger partial charge in [-0.05, 0) is 0 Å². The zero-order valence-electron chi connectivity index (χ0n) is 9.94. The third kappa shape index (κ3) is 1.61. The number of guanidine groups is 1. The van der Waals surface area contributed by atoms with E-state index < -0.39 is 0 Å². The molecule has 88 valence electrons. The molecule has 3 aliphatic heterocycles. The van der Waals surface area contributed by atoms with Crippen LogP contribution in [-0.2, 0) is 0 Å². The third-order valence-corrected chi connectivity index (χ3v) is 3.89. The number of hydrogen-bond acceptors (Lipinski definition) is 3. The van der Waals surface area contributed by atoms with Gasteiger partial charge in [0.1, 0.15) is 0 Å². The fraction of sp³-hybridized carbons (Fsp3) is 0.750. The molecule has 0 radical (unpaired) electrons. The van der Waals surface area contributed by atoms with Crippen LogP contribution >= 0.6 is 0 Å². The van der Waals surface area contributed by atoms with Gasteiger partial charge in [-0.15, -0.1) is 6.58 Å². The van der Waals surface area contributed by atoms with Crippen molar-refractivity contribution in [3.8, 4) is 0 Å². The van der Waals surface area contributed by atoms with Gasteiger partial charge in [0.15, 0.2) is 0 Å². The molecule has 0 aromatic carbocycles. The molecular formula is C12H21N4+. The van der Waals surface area contributed by atoms with Crippen molar-refractivity contribution in [1.29, 1.82) is 0 Å². The van der Waals surface area contributed by atoms with Gasteiger partial charge in [0.2, 0.25) is 0 Å². The van der Waals surface area contributed by atoms with Crippen LogP contribution in [0, 0.1) is 0 Å². The van der Waals surface area contributed by atoms with Crippen molar-refractivity contribution in [3.63, 3.8) is 0 Å². The molecule has 0 atom stereocenters. The summed E-state index contributed by atoms with van der Waals surface area (Å²) in [6.07, 6.45) is 2.02. The van der Waals surface area contributed by atoms with Gasteiger partial charge < -0.3 is 0 Å². The second-order valence-electron chi connectivity index (χ2n) is 4.85. The van der Waals surface area contributed by atoms with Crippen LogP contribution < -0.4 is 0 Å². The first-order chi connectivity index (χ1) is 7.88. The number of nitrogens with zero attached hydrogens (tertiary/aromatic N) is 4. The summed E-state index contributed by atoms with van der Waals surface area (Å²) in [6.45, 7) is 14.5. The molecule has 3 aliphatic rings. The molecule has 4 nitrogen and oxygen atoms in total. The molecule has 0 spiro atoms. The zero-order chi connectivity index (χ0) is 11.0. The average Bonchev–Trinajstić information content (AvgIpc) is 2.80. The first kappa shape index (κ1) is 10.1. The second-order valence-corrected chi connectivity index (χ2v) is 4.85. The number of rotatable bonds is 2. The molecule has 3 heterocycles. The molecule has 0 amide bonds. The van der Waals surface area contributed by atoms with E-state index >= 15 is 0 Å². The van der Waals surface area contributed by atoms with Crippen molar-refractivity contribution in [2.24, 2.45) is 0 Å². The molecular weight excluding hydrogens is 200 g/mol. The Kier molecular flexibility index (Phi) is 2.59. The van der Waals surface area contributed by atoms with E-state index in [1.54, 1.807) is 0 Å². The van der Waals surface area contributed by atoms with E-state index in [4.69, 9.17) is 0 Å². The maximum atomic E-state index is 3.84. The minimum Gasteiger partial charge on any atom is -0.293 e. The quantitative estimate of drug-likeness (QED) is 0.460. The van der Waals surface area contributed by atoms with E-state index in [0.29, 0.717) is 0 Å². The van der Waals surface area contributed by atoms with Gasteiger partial charge in [0, 0.05) is 19.6 Å². The molecule has 0 unspecified atom stereocenters. The molecule has 4 heteroatoms. The van der Waals surface area contributed by atoms with E-state index in [2.05, 4.69) is 25.9 Å². The van der Waals surface area contributed by atoms with Gasteiger partial charge >= 0.3 is 5.96 Å². The highest BCUT2D eigenvalue weighted by atomic mass is 15.5. The second kappa shape index (κ2) is 4.09. The molecule has 16 heavy (non-hydrogen) atoms. The lowest BCUT2D eigenvalue weighted by atomic mass is 10.3. The summed E-state index contributed by atoms with van der Waals surface area (Å²) in [4.78, 5) is 7.61. The molecule has 1 fully saturated rings. The van der Waals surface area contributed by atoms with Crippen LogP contribution in [-0.4, -0.2) is 84.1 Å². The predicted octanol–water partition coefficient (Wildman–Crippen LogP) is -0.512. The van der Waals surface area contributed by atoms with Crippen molar-refractivity contribution in [2.45, 2.75) is 0 Å². The highest BCUT2D eigenvalue weighted by Crippen LogP contribution is 2.15. The Morgan fingerprint density at radius 3 is 2.50 bits per heavy atom. The average molecular weight is 221 g/mol. The van der Waals surface area contributed by atoms with Gasteiger partial charge in [-0.3, -0.25) is 19.3 Å². The monoisotopic (exact) mass is 221 g/mol. The van der Waals surface area contributed by atoms with Gasteiger partial charge in [0.25, 0.3) is 0 Å². The molecule has 0 N–H and O–H groups in total. The minimum atomic E-state index is 1.03. The van der Waals surface area contributed by atoms with Crippen molar-refractivity contribution >= 4 is 5.96 Å². The predicted molar refractivity (Wildman–Crippen MR) is 64.8 cm³/mol. The highest BCUT2D eigenvalue weighted by molar-refractivity contribution is 5.78. The normalized spacial score (nSPS) is 25.8. The number of hydrogen-bond donors (Lipinski definition) is 0. The summed E-state index contributed by atoms with van der Waals surface area (Å²) in [7, 11) is 0. The lowest BCUT2D eigenvalue weighted by Gasteiger charge is -2.25. The fourth-order valence-electron chi connectivity index (χ4n) is 3.02. The van der Waals surface area contributed by atoms with Crippen LogP contribution in [0.5, 0.6) is 0 Å². The van der Waals surface area contributed by atoms with Crippen molar-refractivity contribution < 1.29 is 4.58 Å². The smallest absolute Gasteiger partial charge is 0.293 e. The SMILES string of the molecule is C=CCN1CCN2CCN3CC[N+](=C23)CC1. The van der Waals surface area contributed by atoms with Crippen LogP contribution in [0.15, 0.2) is 12.7 Å². The van der Waals surface area contributed by atoms with Gasteiger partial charge in [-0.1, -0.05) is 6.08 Å². The van der Waals surface area contributed by atoms with E-state index in [0.717, 1.165) is 6.54 Å². The summed E-state index contributed by atoms with van der Waals surface area (Å²) >= 11 is 0. The largest absolute Gasteiger partial charge is 0.351 e. The van der Waals surface area contributed by atoms with Crippen molar-refractivity contribution in [3.05, 3.63) is 12.7 Å². The zero-order valence-corrected chi connectivity index (χ0v) is 9.94. The summed E-state index contributed by atoms with van der Waals surface area (Å²) in [5, 5.41) is 0. The molecule has 0 aromatic heterocycles. The third-order valence-electron chi connectivity index (χ3n) is 3.89. The first-order valence-electron chi connectivity index (χ1n) is 6.33. The Labute approximate surface area is 97.4 Å². The topological polar surface area (TPSA) is 12.7 Å². The van der Waals surface area contributed by atoms with E-state index in [-0.39, 0.29) is 0 Å². The Bertz CT molecular complexity index is 323. The van der Waals surface area contributed by atoms with E-state index in [1.807, 2.05) is 6.08 Å². The Morgan fingerprint density at radius 1 is 1.00 bits per heavy atom. The van der Waals surface area contributed by atoms with Crippen LogP contribution in [0.3, 0.4) is 0 Å². The van der Waals surface area contributed by atoms with Crippen molar-refractivity contribution in [1.82, 2.24) is 14.7 Å². The molecule has 0 bridgehead atoms. The van der Waals surface area contributed by atoms with E-state index in [1.165, 1.54) is 58.3 Å². The molecule has 3 rings (SSSR count). The Morgan fingerprint density at radius 2 is 1.69 bits per heavy atom. The van der Waals surface area contributed by atoms with Gasteiger partial charge in [-0.25, -0.2) is 0 Å². The van der Waals surface area contributed by atoms with Crippen LogP contribution in [0.4, 0.5) is 0 Å². The van der Waals surface area contributed by atoms with Crippen molar-refractivity contribution in [2.75, 3.05) is 58.9 Å².